The number of aromatic nitrogens is 1. The van der Waals surface area contributed by atoms with Gasteiger partial charge in [0.05, 0.1) is 28.2 Å². The van der Waals surface area contributed by atoms with Crippen LogP contribution in [0.4, 0.5) is 4.79 Å². The molecule has 214 valence electrons. The zero-order valence-corrected chi connectivity index (χ0v) is 25.3. The van der Waals surface area contributed by atoms with E-state index in [-0.39, 0.29) is 30.5 Å². The third-order valence-electron chi connectivity index (χ3n) is 6.73. The highest BCUT2D eigenvalue weighted by Crippen LogP contribution is 2.30. The van der Waals surface area contributed by atoms with E-state index in [4.69, 9.17) is 9.47 Å². The highest BCUT2D eigenvalue weighted by Gasteiger charge is 2.45. The van der Waals surface area contributed by atoms with Crippen molar-refractivity contribution in [3.05, 3.63) is 41.0 Å². The van der Waals surface area contributed by atoms with Gasteiger partial charge in [-0.05, 0) is 51.2 Å². The smallest absolute Gasteiger partial charge is 0.408 e. The molecule has 39 heavy (non-hydrogen) atoms. The van der Waals surface area contributed by atoms with E-state index >= 15 is 0 Å². The minimum Gasteiger partial charge on any atom is -0.444 e. The van der Waals surface area contributed by atoms with Gasteiger partial charge in [-0.2, -0.15) is 0 Å². The number of carbonyl (C=O) groups excluding carboxylic acids is 3. The molecular formula is C29H42N4O5S. The van der Waals surface area contributed by atoms with Crippen LogP contribution in [-0.4, -0.2) is 65.2 Å². The van der Waals surface area contributed by atoms with Crippen LogP contribution in [0.2, 0.25) is 0 Å². The second-order valence-corrected chi connectivity index (χ2v) is 13.0. The summed E-state index contributed by atoms with van der Waals surface area (Å²) in [5, 5.41) is 5.81. The van der Waals surface area contributed by atoms with E-state index in [2.05, 4.69) is 15.6 Å². The Morgan fingerprint density at radius 2 is 1.72 bits per heavy atom. The summed E-state index contributed by atoms with van der Waals surface area (Å²) < 4.78 is 10.9. The molecule has 1 aliphatic rings. The summed E-state index contributed by atoms with van der Waals surface area (Å²) in [5.41, 5.74) is 3.52. The van der Waals surface area contributed by atoms with Crippen LogP contribution in [0.3, 0.4) is 0 Å². The van der Waals surface area contributed by atoms with Crippen LogP contribution < -0.4 is 10.6 Å². The van der Waals surface area contributed by atoms with Crippen molar-refractivity contribution in [3.63, 3.8) is 0 Å². The summed E-state index contributed by atoms with van der Waals surface area (Å²) in [6.07, 6.45) is -0.595. The van der Waals surface area contributed by atoms with E-state index in [1.54, 1.807) is 39.2 Å². The lowest BCUT2D eigenvalue weighted by Gasteiger charge is -2.36. The molecule has 1 aromatic heterocycles. The Hall–Kier alpha value is -2.98. The summed E-state index contributed by atoms with van der Waals surface area (Å²) in [6.45, 7) is 15.0. The molecule has 0 spiro atoms. The molecule has 10 heteroatoms. The van der Waals surface area contributed by atoms with Crippen molar-refractivity contribution < 1.29 is 23.9 Å². The van der Waals surface area contributed by atoms with Gasteiger partial charge in [-0.25, -0.2) is 9.78 Å². The number of carbonyl (C=O) groups is 3. The topological polar surface area (TPSA) is 110 Å². The largest absolute Gasteiger partial charge is 0.444 e. The van der Waals surface area contributed by atoms with Crippen molar-refractivity contribution in [2.45, 2.75) is 91.6 Å². The van der Waals surface area contributed by atoms with E-state index in [0.717, 1.165) is 21.7 Å². The van der Waals surface area contributed by atoms with Crippen LogP contribution in [0, 0.1) is 12.3 Å². The fourth-order valence-electron chi connectivity index (χ4n) is 4.60. The number of nitrogens with zero attached hydrogens (tertiary/aromatic N) is 2. The highest BCUT2D eigenvalue weighted by molar-refractivity contribution is 7.13. The molecule has 0 aliphatic carbocycles. The molecule has 3 rings (SSSR count). The zero-order valence-electron chi connectivity index (χ0n) is 24.5. The first-order valence-electron chi connectivity index (χ1n) is 13.2. The molecule has 3 amide bonds. The van der Waals surface area contributed by atoms with Crippen molar-refractivity contribution in [2.75, 3.05) is 13.7 Å². The van der Waals surface area contributed by atoms with Gasteiger partial charge in [0, 0.05) is 20.1 Å². The maximum Gasteiger partial charge on any atom is 0.408 e. The SMILES string of the molecule is CO[C@@H]1C[C@@H](C(=O)N[C@@H](C)c2ccc(-c3scnc3C)cc2)N(C(=O)[C@@H](NC(=O)OC(C)(C)C)C(C)(C)C)C1. The summed E-state index contributed by atoms with van der Waals surface area (Å²) in [5.74, 6) is -0.604. The molecule has 0 bridgehead atoms. The molecule has 0 unspecified atom stereocenters. The summed E-state index contributed by atoms with van der Waals surface area (Å²) in [6, 6.07) is 6.16. The number of amides is 3. The molecule has 2 aromatic rings. The number of methoxy groups -OCH3 is 1. The summed E-state index contributed by atoms with van der Waals surface area (Å²) in [7, 11) is 1.57. The first kappa shape index (κ1) is 30.6. The lowest BCUT2D eigenvalue weighted by atomic mass is 9.85. The predicted octanol–water partition coefficient (Wildman–Crippen LogP) is 4.85. The minimum absolute atomic E-state index is 0.257. The Labute approximate surface area is 235 Å². The summed E-state index contributed by atoms with van der Waals surface area (Å²) >= 11 is 1.60. The Kier molecular flexibility index (Phi) is 9.43. The van der Waals surface area contributed by atoms with Crippen LogP contribution in [0.15, 0.2) is 29.8 Å². The second-order valence-electron chi connectivity index (χ2n) is 12.2. The molecule has 2 N–H and O–H groups in total. The van der Waals surface area contributed by atoms with E-state index in [9.17, 15) is 14.4 Å². The molecule has 9 nitrogen and oxygen atoms in total. The Bertz CT molecular complexity index is 1170. The van der Waals surface area contributed by atoms with Crippen molar-refractivity contribution in [1.29, 1.82) is 0 Å². The van der Waals surface area contributed by atoms with Gasteiger partial charge in [0.2, 0.25) is 11.8 Å². The van der Waals surface area contributed by atoms with Crippen LogP contribution in [0.5, 0.6) is 0 Å². The van der Waals surface area contributed by atoms with Gasteiger partial charge >= 0.3 is 6.09 Å². The number of rotatable bonds is 7. The third kappa shape index (κ3) is 7.79. The number of hydrogen-bond donors (Lipinski definition) is 2. The Morgan fingerprint density at radius 1 is 1.08 bits per heavy atom. The van der Waals surface area contributed by atoms with Crippen molar-refractivity contribution in [3.8, 4) is 10.4 Å². The number of benzene rings is 1. The van der Waals surface area contributed by atoms with Gasteiger partial charge in [0.25, 0.3) is 0 Å². The maximum atomic E-state index is 13.8. The van der Waals surface area contributed by atoms with Crippen LogP contribution in [0.1, 0.15) is 72.2 Å². The molecule has 1 aliphatic heterocycles. The molecule has 1 fully saturated rings. The molecule has 1 aromatic carbocycles. The lowest BCUT2D eigenvalue weighted by Crippen LogP contribution is -2.58. The minimum atomic E-state index is -0.890. The average Bonchev–Trinajstić information content (AvgIpc) is 3.46. The second kappa shape index (κ2) is 12.0. The number of aryl methyl sites for hydroxylation is 1. The van der Waals surface area contributed by atoms with E-state index in [0.29, 0.717) is 6.42 Å². The van der Waals surface area contributed by atoms with E-state index in [1.165, 1.54) is 4.90 Å². The normalized spacial score (nSPS) is 19.4. The number of thiazole rings is 1. The van der Waals surface area contributed by atoms with E-state index < -0.39 is 29.2 Å². The number of ether oxygens (including phenoxy) is 2. The number of alkyl carbamates (subject to hydrolysis) is 1. The molecule has 1 saturated heterocycles. The molecule has 2 heterocycles. The number of likely N-dealkylation sites (tertiary alicyclic amines) is 1. The molecule has 0 radical (unpaired) electrons. The molecule has 0 saturated carbocycles. The summed E-state index contributed by atoms with van der Waals surface area (Å²) in [4.78, 5) is 46.9. The number of nitrogens with one attached hydrogen (secondary N) is 2. The lowest BCUT2D eigenvalue weighted by molar-refractivity contribution is -0.142. The first-order chi connectivity index (χ1) is 18.1. The van der Waals surface area contributed by atoms with Gasteiger partial charge in [-0.15, -0.1) is 11.3 Å². The predicted molar refractivity (Wildman–Crippen MR) is 152 cm³/mol. The van der Waals surface area contributed by atoms with Gasteiger partial charge in [-0.3, -0.25) is 9.59 Å². The molecule has 4 atom stereocenters. The van der Waals surface area contributed by atoms with Crippen LogP contribution in [0.25, 0.3) is 10.4 Å². The highest BCUT2D eigenvalue weighted by atomic mass is 32.1. The van der Waals surface area contributed by atoms with Gasteiger partial charge < -0.3 is 25.0 Å². The quantitative estimate of drug-likeness (QED) is 0.503. The van der Waals surface area contributed by atoms with Gasteiger partial charge in [-0.1, -0.05) is 45.0 Å². The zero-order chi connectivity index (χ0) is 29.1. The molecular weight excluding hydrogens is 516 g/mol. The van der Waals surface area contributed by atoms with E-state index in [1.807, 2.05) is 64.4 Å². The van der Waals surface area contributed by atoms with Crippen molar-refractivity contribution in [2.24, 2.45) is 5.41 Å². The van der Waals surface area contributed by atoms with Crippen LogP contribution >= 0.6 is 11.3 Å². The fourth-order valence-corrected chi connectivity index (χ4v) is 5.41. The Balaban J connectivity index is 1.75. The third-order valence-corrected chi connectivity index (χ3v) is 7.71. The fraction of sp³-hybridized carbons (Fsp3) is 0.586. The average molecular weight is 559 g/mol. The van der Waals surface area contributed by atoms with Crippen LogP contribution in [-0.2, 0) is 19.1 Å². The van der Waals surface area contributed by atoms with Crippen molar-refractivity contribution >= 4 is 29.2 Å². The Morgan fingerprint density at radius 3 is 2.23 bits per heavy atom. The number of hydrogen-bond acceptors (Lipinski definition) is 7. The van der Waals surface area contributed by atoms with Gasteiger partial charge in [0.15, 0.2) is 0 Å². The monoisotopic (exact) mass is 558 g/mol. The standard InChI is InChI=1S/C29H42N4O5S/c1-17(19-10-12-20(13-11-19)23-18(2)30-16-39-23)31-25(34)22-14-21(37-9)15-33(22)26(35)24(28(3,4)5)32-27(36)38-29(6,7)8/h10-13,16-17,21-22,24H,14-15H2,1-9H3,(H,31,34)(H,32,36)/t17-,21+,22-,24+/m0/s1. The van der Waals surface area contributed by atoms with Gasteiger partial charge in [0.1, 0.15) is 17.7 Å². The van der Waals surface area contributed by atoms with Crippen molar-refractivity contribution in [1.82, 2.24) is 20.5 Å². The maximum absolute atomic E-state index is 13.8. The first-order valence-corrected chi connectivity index (χ1v) is 14.1.